The number of phenols is 1. The second-order valence-electron chi connectivity index (χ2n) is 8.88. The first kappa shape index (κ1) is 22.0. The van der Waals surface area contributed by atoms with Crippen molar-refractivity contribution in [1.29, 1.82) is 0 Å². The number of furan rings is 1. The third-order valence-electron chi connectivity index (χ3n) is 7.15. The number of phenolic OH excluding ortho intramolecular Hbond substituents is 1. The van der Waals surface area contributed by atoms with Gasteiger partial charge in [-0.05, 0) is 67.4 Å². The number of nitrogens with zero attached hydrogens (tertiary/aromatic N) is 1. The van der Waals surface area contributed by atoms with E-state index in [4.69, 9.17) is 20.8 Å². The van der Waals surface area contributed by atoms with Gasteiger partial charge in [-0.25, -0.2) is 0 Å². The average molecular weight is 467 g/mol. The zero-order chi connectivity index (χ0) is 23.0. The zero-order valence-electron chi connectivity index (χ0n) is 18.5. The van der Waals surface area contributed by atoms with E-state index in [2.05, 4.69) is 28.4 Å². The summed E-state index contributed by atoms with van der Waals surface area (Å²) in [7, 11) is 1.72. The van der Waals surface area contributed by atoms with Gasteiger partial charge in [0, 0.05) is 29.7 Å². The van der Waals surface area contributed by atoms with E-state index in [1.807, 2.05) is 12.1 Å². The van der Waals surface area contributed by atoms with Crippen LogP contribution >= 0.6 is 11.6 Å². The van der Waals surface area contributed by atoms with Gasteiger partial charge in [0.1, 0.15) is 5.75 Å². The second kappa shape index (κ2) is 8.86. The minimum Gasteiger partial charge on any atom is -0.508 e. The maximum atomic E-state index is 12.8. The summed E-state index contributed by atoms with van der Waals surface area (Å²) in [5, 5.41) is 14.0. The molecule has 2 N–H and O–H groups in total. The largest absolute Gasteiger partial charge is 0.508 e. The van der Waals surface area contributed by atoms with Crippen molar-refractivity contribution in [2.45, 2.75) is 36.9 Å². The molecule has 2 aliphatic rings. The lowest BCUT2D eigenvalue weighted by molar-refractivity contribution is -0.0124. The van der Waals surface area contributed by atoms with Crippen LogP contribution in [0.3, 0.4) is 0 Å². The summed E-state index contributed by atoms with van der Waals surface area (Å²) < 4.78 is 11.4. The Kier molecular flexibility index (Phi) is 5.91. The lowest BCUT2D eigenvalue weighted by atomic mass is 9.71. The predicted octanol–water partition coefficient (Wildman–Crippen LogP) is 4.67. The number of ether oxygens (including phenoxy) is 1. The quantitative estimate of drug-likeness (QED) is 0.571. The smallest absolute Gasteiger partial charge is 0.287 e. The fourth-order valence-electron chi connectivity index (χ4n) is 5.58. The number of hydrogen-bond donors (Lipinski definition) is 2. The molecule has 2 atom stereocenters. The molecule has 0 unspecified atom stereocenters. The van der Waals surface area contributed by atoms with Crippen LogP contribution in [0.5, 0.6) is 5.75 Å². The number of amides is 1. The van der Waals surface area contributed by atoms with E-state index in [0.29, 0.717) is 17.3 Å². The van der Waals surface area contributed by atoms with Crippen LogP contribution < -0.4 is 5.32 Å². The molecule has 2 heterocycles. The number of halogens is 1. The van der Waals surface area contributed by atoms with Gasteiger partial charge in [0.2, 0.25) is 0 Å². The number of aromatic hydroxyl groups is 1. The molecule has 1 saturated heterocycles. The van der Waals surface area contributed by atoms with Crippen LogP contribution in [-0.2, 0) is 16.7 Å². The summed E-state index contributed by atoms with van der Waals surface area (Å²) >= 11 is 6.13. The number of nitrogens with one attached hydrogen (secondary N) is 1. The van der Waals surface area contributed by atoms with Crippen molar-refractivity contribution in [3.05, 3.63) is 88.3 Å². The summed E-state index contributed by atoms with van der Waals surface area (Å²) in [4.78, 5) is 15.1. The molecule has 0 bridgehead atoms. The minimum atomic E-state index is -0.257. The molecular weight excluding hydrogens is 440 g/mol. The molecule has 5 rings (SSSR count). The van der Waals surface area contributed by atoms with Gasteiger partial charge < -0.3 is 19.6 Å². The zero-order valence-corrected chi connectivity index (χ0v) is 19.2. The van der Waals surface area contributed by atoms with Gasteiger partial charge in [0.15, 0.2) is 5.76 Å². The number of fused-ring (bicyclic) bond motifs is 2. The molecule has 33 heavy (non-hydrogen) atoms. The Labute approximate surface area is 198 Å². The predicted molar refractivity (Wildman–Crippen MR) is 125 cm³/mol. The van der Waals surface area contributed by atoms with Gasteiger partial charge in [-0.2, -0.15) is 0 Å². The van der Waals surface area contributed by atoms with E-state index in [1.54, 1.807) is 31.4 Å². The topological polar surface area (TPSA) is 74.9 Å². The van der Waals surface area contributed by atoms with Crippen LogP contribution in [0.4, 0.5) is 0 Å². The molecule has 6 nitrogen and oxygen atoms in total. The van der Waals surface area contributed by atoms with Crippen molar-refractivity contribution in [1.82, 2.24) is 10.2 Å². The van der Waals surface area contributed by atoms with Crippen LogP contribution in [-0.4, -0.2) is 42.2 Å². The molecule has 1 amide bonds. The lowest BCUT2D eigenvalue weighted by Gasteiger charge is -2.44. The highest BCUT2D eigenvalue weighted by molar-refractivity contribution is 6.30. The van der Waals surface area contributed by atoms with Gasteiger partial charge in [0.25, 0.3) is 5.91 Å². The maximum Gasteiger partial charge on any atom is 0.287 e. The Balaban J connectivity index is 1.38. The van der Waals surface area contributed by atoms with Crippen molar-refractivity contribution < 1.29 is 19.1 Å². The molecule has 7 heteroatoms. The molecule has 0 radical (unpaired) electrons. The average Bonchev–Trinajstić information content (AvgIpc) is 3.45. The van der Waals surface area contributed by atoms with Gasteiger partial charge in [-0.15, -0.1) is 0 Å². The van der Waals surface area contributed by atoms with E-state index in [1.165, 1.54) is 11.8 Å². The molecule has 1 spiro atoms. The molecular formula is C26H27ClN2O4. The van der Waals surface area contributed by atoms with Crippen molar-refractivity contribution in [2.75, 3.05) is 20.2 Å². The Morgan fingerprint density at radius 1 is 1.21 bits per heavy atom. The molecule has 3 aromatic rings. The van der Waals surface area contributed by atoms with E-state index in [9.17, 15) is 9.90 Å². The standard InChI is InChI=1S/C26H27ClN2O4/c1-32-24-23(28-25(31)22-7-4-14-33-22)19-5-2-3-6-20(19)26(24)10-12-29(13-11-26)16-17-15-18(27)8-9-21(17)30/h2-9,14-15,23-24,30H,10-13,16H2,1H3,(H,28,31)/t23-,24+/m1/s1. The number of likely N-dealkylation sites (tertiary alicyclic amines) is 1. The SMILES string of the molecule is CO[C@H]1[C@H](NC(=O)c2ccco2)c2ccccc2C12CCN(Cc1cc(Cl)ccc1O)CC2. The van der Waals surface area contributed by atoms with E-state index >= 15 is 0 Å². The number of methoxy groups -OCH3 is 1. The van der Waals surface area contributed by atoms with Crippen LogP contribution in [0.2, 0.25) is 5.02 Å². The monoisotopic (exact) mass is 466 g/mol. The summed E-state index contributed by atoms with van der Waals surface area (Å²) in [6.07, 6.45) is 3.09. The minimum absolute atomic E-state index is 0.185. The molecule has 1 aromatic heterocycles. The number of benzene rings is 2. The molecule has 1 aliphatic carbocycles. The van der Waals surface area contributed by atoms with Crippen molar-refractivity contribution in [3.8, 4) is 5.75 Å². The van der Waals surface area contributed by atoms with Crippen LogP contribution in [0.15, 0.2) is 65.3 Å². The van der Waals surface area contributed by atoms with Crippen molar-refractivity contribution >= 4 is 17.5 Å². The van der Waals surface area contributed by atoms with Gasteiger partial charge >= 0.3 is 0 Å². The van der Waals surface area contributed by atoms with E-state index < -0.39 is 0 Å². The molecule has 1 aliphatic heterocycles. The first-order chi connectivity index (χ1) is 16.0. The highest BCUT2D eigenvalue weighted by atomic mass is 35.5. The normalized spacial score (nSPS) is 21.8. The second-order valence-corrected chi connectivity index (χ2v) is 9.31. The third-order valence-corrected chi connectivity index (χ3v) is 7.38. The molecule has 172 valence electrons. The van der Waals surface area contributed by atoms with Gasteiger partial charge in [0.05, 0.1) is 18.4 Å². The highest BCUT2D eigenvalue weighted by Gasteiger charge is 2.54. The highest BCUT2D eigenvalue weighted by Crippen LogP contribution is 2.52. The first-order valence-corrected chi connectivity index (χ1v) is 11.6. The summed E-state index contributed by atoms with van der Waals surface area (Å²) in [5.41, 5.74) is 2.98. The Bertz CT molecular complexity index is 1140. The maximum absolute atomic E-state index is 12.8. The number of rotatable bonds is 5. The van der Waals surface area contributed by atoms with Gasteiger partial charge in [-0.1, -0.05) is 35.9 Å². The first-order valence-electron chi connectivity index (χ1n) is 11.2. The Morgan fingerprint density at radius 2 is 2.00 bits per heavy atom. The third kappa shape index (κ3) is 3.92. The van der Waals surface area contributed by atoms with E-state index in [0.717, 1.165) is 37.1 Å². The van der Waals surface area contributed by atoms with Gasteiger partial charge in [-0.3, -0.25) is 9.69 Å². The molecule has 0 saturated carbocycles. The molecule has 2 aromatic carbocycles. The van der Waals surface area contributed by atoms with Crippen molar-refractivity contribution in [2.24, 2.45) is 0 Å². The van der Waals surface area contributed by atoms with E-state index in [-0.39, 0.29) is 29.2 Å². The number of piperidine rings is 1. The van der Waals surface area contributed by atoms with Crippen LogP contribution in [0.25, 0.3) is 0 Å². The summed E-state index contributed by atoms with van der Waals surface area (Å²) in [6, 6.07) is 16.6. The summed E-state index contributed by atoms with van der Waals surface area (Å²) in [5.74, 6) is 0.313. The molecule has 1 fully saturated rings. The fourth-order valence-corrected chi connectivity index (χ4v) is 5.77. The number of carbonyl (C=O) groups is 1. The van der Waals surface area contributed by atoms with Crippen LogP contribution in [0, 0.1) is 0 Å². The Morgan fingerprint density at radius 3 is 2.73 bits per heavy atom. The van der Waals surface area contributed by atoms with Crippen molar-refractivity contribution in [3.63, 3.8) is 0 Å². The summed E-state index contributed by atoms with van der Waals surface area (Å²) in [6.45, 7) is 2.33. The fraction of sp³-hybridized carbons (Fsp3) is 0.346. The van der Waals surface area contributed by atoms with Crippen LogP contribution in [0.1, 0.15) is 46.1 Å². The lowest BCUT2D eigenvalue weighted by Crippen LogP contribution is -2.50. The number of carbonyl (C=O) groups excluding carboxylic acids is 1. The number of hydrogen-bond acceptors (Lipinski definition) is 5. The Hall–Kier alpha value is -2.80.